The van der Waals surface area contributed by atoms with Crippen molar-refractivity contribution in [2.24, 2.45) is 0 Å². The van der Waals surface area contributed by atoms with E-state index in [1.54, 1.807) is 55.6 Å². The van der Waals surface area contributed by atoms with E-state index in [1.807, 2.05) is 30.3 Å². The molecule has 7 nitrogen and oxygen atoms in total. The average molecular weight is 441 g/mol. The summed E-state index contributed by atoms with van der Waals surface area (Å²) in [4.78, 5) is 12.8. The number of para-hydroxylation sites is 1. The SMILES string of the molecule is COc1ccc(NC(=O)[C@@H](C)N(c2ccc(Oc3ccccc3)cc2)S(C)(=O)=O)cc1. The zero-order chi connectivity index (χ0) is 22.4. The largest absolute Gasteiger partial charge is 0.497 e. The number of nitrogens with one attached hydrogen (secondary N) is 1. The standard InChI is InChI=1S/C23H24N2O5S/c1-17(23(26)24-18-9-13-20(29-2)14-10-18)25(31(3,27)28)19-11-15-22(16-12-19)30-21-7-5-4-6-8-21/h4-17H,1-3H3,(H,24,26)/t17-/m1/s1. The molecule has 0 spiro atoms. The number of carbonyl (C=O) groups is 1. The normalized spacial score (nSPS) is 12.0. The molecule has 8 heteroatoms. The van der Waals surface area contributed by atoms with E-state index in [0.717, 1.165) is 10.6 Å². The minimum absolute atomic E-state index is 0.361. The summed E-state index contributed by atoms with van der Waals surface area (Å²) in [5, 5.41) is 2.73. The monoisotopic (exact) mass is 440 g/mol. The van der Waals surface area contributed by atoms with Crippen molar-refractivity contribution in [3.63, 3.8) is 0 Å². The highest BCUT2D eigenvalue weighted by Crippen LogP contribution is 2.27. The summed E-state index contributed by atoms with van der Waals surface area (Å²) in [7, 11) is -2.17. The molecule has 0 aliphatic carbocycles. The third kappa shape index (κ3) is 5.76. The topological polar surface area (TPSA) is 84.9 Å². The summed E-state index contributed by atoms with van der Waals surface area (Å²) >= 11 is 0. The van der Waals surface area contributed by atoms with E-state index in [9.17, 15) is 13.2 Å². The minimum atomic E-state index is -3.73. The van der Waals surface area contributed by atoms with Crippen molar-refractivity contribution >= 4 is 27.3 Å². The van der Waals surface area contributed by atoms with E-state index in [2.05, 4.69) is 5.32 Å². The Balaban J connectivity index is 1.78. The van der Waals surface area contributed by atoms with Crippen LogP contribution in [0.25, 0.3) is 0 Å². The fraction of sp³-hybridized carbons (Fsp3) is 0.174. The van der Waals surface area contributed by atoms with E-state index in [0.29, 0.717) is 28.6 Å². The number of hydrogen-bond donors (Lipinski definition) is 1. The van der Waals surface area contributed by atoms with Gasteiger partial charge in [0.2, 0.25) is 15.9 Å². The number of methoxy groups -OCH3 is 1. The van der Waals surface area contributed by atoms with E-state index in [4.69, 9.17) is 9.47 Å². The summed E-state index contributed by atoms with van der Waals surface area (Å²) in [6, 6.07) is 21.6. The van der Waals surface area contributed by atoms with Gasteiger partial charge < -0.3 is 14.8 Å². The quantitative estimate of drug-likeness (QED) is 0.565. The summed E-state index contributed by atoms with van der Waals surface area (Å²) in [5.74, 6) is 1.42. The number of rotatable bonds is 8. The second-order valence-electron chi connectivity index (χ2n) is 6.86. The highest BCUT2D eigenvalue weighted by atomic mass is 32.2. The Morgan fingerprint density at radius 1 is 0.871 bits per heavy atom. The van der Waals surface area contributed by atoms with Gasteiger partial charge in [-0.1, -0.05) is 18.2 Å². The first-order chi connectivity index (χ1) is 14.8. The molecule has 0 saturated carbocycles. The van der Waals surface area contributed by atoms with Crippen molar-refractivity contribution in [1.82, 2.24) is 0 Å². The molecular weight excluding hydrogens is 416 g/mol. The Morgan fingerprint density at radius 2 is 1.42 bits per heavy atom. The third-order valence-corrected chi connectivity index (χ3v) is 5.76. The highest BCUT2D eigenvalue weighted by molar-refractivity contribution is 7.92. The van der Waals surface area contributed by atoms with Gasteiger partial charge in [0.1, 0.15) is 23.3 Å². The number of hydrogen-bond acceptors (Lipinski definition) is 5. The molecule has 3 aromatic rings. The van der Waals surface area contributed by atoms with Crippen LogP contribution in [-0.4, -0.2) is 33.7 Å². The lowest BCUT2D eigenvalue weighted by Gasteiger charge is -2.28. The first-order valence-electron chi connectivity index (χ1n) is 9.55. The Bertz CT molecular complexity index is 1110. The van der Waals surface area contributed by atoms with Crippen LogP contribution in [0.3, 0.4) is 0 Å². The molecule has 3 aromatic carbocycles. The molecule has 0 heterocycles. The fourth-order valence-electron chi connectivity index (χ4n) is 3.02. The van der Waals surface area contributed by atoms with Gasteiger partial charge in [0.15, 0.2) is 0 Å². The van der Waals surface area contributed by atoms with Crippen LogP contribution in [0, 0.1) is 0 Å². The van der Waals surface area contributed by atoms with Crippen LogP contribution >= 0.6 is 0 Å². The molecule has 3 rings (SSSR count). The maximum Gasteiger partial charge on any atom is 0.247 e. The maximum atomic E-state index is 12.8. The minimum Gasteiger partial charge on any atom is -0.497 e. The lowest BCUT2D eigenvalue weighted by atomic mass is 10.2. The van der Waals surface area contributed by atoms with Gasteiger partial charge in [-0.3, -0.25) is 9.10 Å². The zero-order valence-electron chi connectivity index (χ0n) is 17.5. The van der Waals surface area contributed by atoms with E-state index in [1.165, 1.54) is 6.92 Å². The third-order valence-electron chi connectivity index (χ3n) is 4.52. The molecule has 1 N–H and O–H groups in total. The molecule has 0 bridgehead atoms. The van der Waals surface area contributed by atoms with Crippen LogP contribution in [-0.2, 0) is 14.8 Å². The molecule has 0 unspecified atom stereocenters. The second-order valence-corrected chi connectivity index (χ2v) is 8.72. The summed E-state index contributed by atoms with van der Waals surface area (Å²) in [6.45, 7) is 1.54. The first kappa shape index (κ1) is 22.2. The summed E-state index contributed by atoms with van der Waals surface area (Å²) < 4.78 is 36.9. The second kappa shape index (κ2) is 9.53. The molecule has 0 saturated heterocycles. The van der Waals surface area contributed by atoms with Gasteiger partial charge in [0.05, 0.1) is 19.1 Å². The van der Waals surface area contributed by atoms with Crippen molar-refractivity contribution < 1.29 is 22.7 Å². The van der Waals surface area contributed by atoms with E-state index in [-0.39, 0.29) is 0 Å². The average Bonchev–Trinajstić information content (AvgIpc) is 2.75. The number of nitrogens with zero attached hydrogens (tertiary/aromatic N) is 1. The number of carbonyl (C=O) groups excluding carboxylic acids is 1. The van der Waals surface area contributed by atoms with Gasteiger partial charge >= 0.3 is 0 Å². The smallest absolute Gasteiger partial charge is 0.247 e. The van der Waals surface area contributed by atoms with Gasteiger partial charge in [-0.2, -0.15) is 0 Å². The molecule has 0 aliphatic heterocycles. The summed E-state index contributed by atoms with van der Waals surface area (Å²) in [5.41, 5.74) is 0.901. The lowest BCUT2D eigenvalue weighted by Crippen LogP contribution is -2.45. The van der Waals surface area contributed by atoms with Gasteiger partial charge in [-0.25, -0.2) is 8.42 Å². The molecule has 0 aromatic heterocycles. The molecule has 0 fully saturated rings. The van der Waals surface area contributed by atoms with E-state index >= 15 is 0 Å². The van der Waals surface area contributed by atoms with Crippen molar-refractivity contribution in [3.05, 3.63) is 78.9 Å². The van der Waals surface area contributed by atoms with Gasteiger partial charge in [0, 0.05) is 5.69 Å². The number of amides is 1. The van der Waals surface area contributed by atoms with Crippen LogP contribution in [0.5, 0.6) is 17.2 Å². The van der Waals surface area contributed by atoms with Crippen molar-refractivity contribution in [2.75, 3.05) is 23.0 Å². The Kier molecular flexibility index (Phi) is 6.81. The predicted octanol–water partition coefficient (Wildman–Crippen LogP) is 4.28. The van der Waals surface area contributed by atoms with Crippen molar-refractivity contribution in [1.29, 1.82) is 0 Å². The number of sulfonamides is 1. The van der Waals surface area contributed by atoms with Crippen molar-refractivity contribution in [3.8, 4) is 17.2 Å². The molecule has 31 heavy (non-hydrogen) atoms. The first-order valence-corrected chi connectivity index (χ1v) is 11.4. The van der Waals surface area contributed by atoms with Crippen LogP contribution in [0.4, 0.5) is 11.4 Å². The van der Waals surface area contributed by atoms with Gasteiger partial charge in [-0.15, -0.1) is 0 Å². The van der Waals surface area contributed by atoms with E-state index < -0.39 is 22.0 Å². The number of benzene rings is 3. The zero-order valence-corrected chi connectivity index (χ0v) is 18.3. The van der Waals surface area contributed by atoms with Crippen LogP contribution < -0.4 is 19.1 Å². The molecule has 1 atom stereocenters. The summed E-state index contributed by atoms with van der Waals surface area (Å²) in [6.07, 6.45) is 1.07. The molecule has 0 aliphatic rings. The maximum absolute atomic E-state index is 12.8. The predicted molar refractivity (Wildman–Crippen MR) is 121 cm³/mol. The van der Waals surface area contributed by atoms with Crippen molar-refractivity contribution in [2.45, 2.75) is 13.0 Å². The van der Waals surface area contributed by atoms with Gasteiger partial charge in [-0.05, 0) is 67.6 Å². The molecule has 162 valence electrons. The van der Waals surface area contributed by atoms with Crippen LogP contribution in [0.2, 0.25) is 0 Å². The van der Waals surface area contributed by atoms with Crippen LogP contribution in [0.15, 0.2) is 78.9 Å². The molecular formula is C23H24N2O5S. The van der Waals surface area contributed by atoms with Gasteiger partial charge in [0.25, 0.3) is 0 Å². The number of ether oxygens (including phenoxy) is 2. The lowest BCUT2D eigenvalue weighted by molar-refractivity contribution is -0.116. The Labute approximate surface area is 182 Å². The van der Waals surface area contributed by atoms with Crippen LogP contribution in [0.1, 0.15) is 6.92 Å². The fourth-order valence-corrected chi connectivity index (χ4v) is 4.19. The molecule has 0 radical (unpaired) electrons. The molecule has 1 amide bonds. The number of anilines is 2. The highest BCUT2D eigenvalue weighted by Gasteiger charge is 2.29. The Morgan fingerprint density at radius 3 is 1.97 bits per heavy atom. The Hall–Kier alpha value is -3.52.